The molecule has 0 saturated heterocycles. The van der Waals surface area contributed by atoms with Gasteiger partial charge in [-0.25, -0.2) is 13.8 Å². The van der Waals surface area contributed by atoms with E-state index in [9.17, 15) is 13.6 Å². The topological polar surface area (TPSA) is 42.5 Å². The zero-order valence-corrected chi connectivity index (χ0v) is 17.2. The lowest BCUT2D eigenvalue weighted by atomic mass is 10.0. The minimum atomic E-state index is -0.671. The van der Waals surface area contributed by atoms with Gasteiger partial charge in [-0.3, -0.25) is 18.7 Å². The van der Waals surface area contributed by atoms with Crippen LogP contribution < -0.4 is 5.56 Å². The fourth-order valence-electron chi connectivity index (χ4n) is 4.39. The second-order valence-corrected chi connectivity index (χ2v) is 8.10. The van der Waals surface area contributed by atoms with Gasteiger partial charge in [-0.05, 0) is 18.6 Å². The van der Waals surface area contributed by atoms with Gasteiger partial charge >= 0.3 is 0 Å². The molecule has 2 aromatic carbocycles. The van der Waals surface area contributed by atoms with E-state index in [1.54, 1.807) is 6.20 Å². The minimum absolute atomic E-state index is 0.00335. The van der Waals surface area contributed by atoms with Gasteiger partial charge in [0.2, 0.25) is 5.78 Å². The predicted molar refractivity (Wildman–Crippen MR) is 114 cm³/mol. The lowest BCUT2D eigenvalue weighted by Crippen LogP contribution is -2.38. The van der Waals surface area contributed by atoms with Crippen molar-refractivity contribution in [2.75, 3.05) is 6.54 Å². The summed E-state index contributed by atoms with van der Waals surface area (Å²) in [5.74, 6) is -0.841. The molecule has 2 aromatic heterocycles. The fourth-order valence-corrected chi connectivity index (χ4v) is 4.39. The fraction of sp³-hybridized carbons (Fsp3) is 0.250. The van der Waals surface area contributed by atoms with Gasteiger partial charge in [-0.2, -0.15) is 0 Å². The van der Waals surface area contributed by atoms with E-state index in [1.165, 1.54) is 27.8 Å². The van der Waals surface area contributed by atoms with E-state index in [2.05, 4.69) is 35.0 Å². The number of fused-ring (bicyclic) bond motifs is 3. The number of aromatic nitrogens is 3. The zero-order valence-electron chi connectivity index (χ0n) is 17.2. The molecule has 1 aliphatic heterocycles. The zero-order chi connectivity index (χ0) is 21.5. The molecular weight excluding hydrogens is 398 g/mol. The van der Waals surface area contributed by atoms with E-state index >= 15 is 0 Å². The Morgan fingerprint density at radius 1 is 1.10 bits per heavy atom. The lowest BCUT2D eigenvalue weighted by Gasteiger charge is -2.29. The highest BCUT2D eigenvalue weighted by Crippen LogP contribution is 2.21. The molecule has 0 bridgehead atoms. The molecule has 5 rings (SSSR count). The first-order valence-corrected chi connectivity index (χ1v) is 10.3. The van der Waals surface area contributed by atoms with Gasteiger partial charge in [-0.15, -0.1) is 0 Å². The summed E-state index contributed by atoms with van der Waals surface area (Å²) >= 11 is 0. The van der Waals surface area contributed by atoms with Crippen LogP contribution in [-0.2, 0) is 26.1 Å². The second kappa shape index (κ2) is 7.74. The van der Waals surface area contributed by atoms with Crippen molar-refractivity contribution in [1.82, 2.24) is 18.9 Å². The van der Waals surface area contributed by atoms with Crippen molar-refractivity contribution < 1.29 is 8.78 Å². The van der Waals surface area contributed by atoms with Crippen LogP contribution in [0.5, 0.6) is 0 Å². The second-order valence-electron chi connectivity index (χ2n) is 8.10. The molecule has 0 N–H and O–H groups in total. The number of aryl methyl sites for hydroxylation is 1. The number of hydrogen-bond acceptors (Lipinski definition) is 3. The molecule has 0 saturated carbocycles. The SMILES string of the molecule is Cc1cccc(CN2CCc3c(c(=O)n(Cc4ccc(F)cc4F)c4nccn34)C2)c1. The first-order valence-electron chi connectivity index (χ1n) is 10.3. The van der Waals surface area contributed by atoms with Crippen molar-refractivity contribution >= 4 is 5.78 Å². The van der Waals surface area contributed by atoms with Crippen molar-refractivity contribution in [3.05, 3.63) is 105 Å². The molecule has 3 heterocycles. The van der Waals surface area contributed by atoms with Gasteiger partial charge in [0.1, 0.15) is 11.6 Å². The Morgan fingerprint density at radius 2 is 1.97 bits per heavy atom. The molecule has 31 heavy (non-hydrogen) atoms. The van der Waals surface area contributed by atoms with Crippen LogP contribution in [0.4, 0.5) is 8.78 Å². The van der Waals surface area contributed by atoms with Crippen LogP contribution in [-0.4, -0.2) is 25.4 Å². The molecule has 7 heteroatoms. The summed E-state index contributed by atoms with van der Waals surface area (Å²) in [4.78, 5) is 20.0. The molecule has 0 unspecified atom stereocenters. The molecule has 0 spiro atoms. The van der Waals surface area contributed by atoms with E-state index in [4.69, 9.17) is 0 Å². The average molecular weight is 420 g/mol. The van der Waals surface area contributed by atoms with E-state index in [-0.39, 0.29) is 17.7 Å². The summed E-state index contributed by atoms with van der Waals surface area (Å²) in [5, 5.41) is 0. The van der Waals surface area contributed by atoms with Crippen LogP contribution in [0.1, 0.15) is 27.9 Å². The van der Waals surface area contributed by atoms with E-state index in [0.29, 0.717) is 17.9 Å². The van der Waals surface area contributed by atoms with Crippen molar-refractivity contribution in [2.24, 2.45) is 0 Å². The quantitative estimate of drug-likeness (QED) is 0.506. The third kappa shape index (κ3) is 3.65. The number of hydrogen-bond donors (Lipinski definition) is 0. The van der Waals surface area contributed by atoms with Crippen LogP contribution in [0.25, 0.3) is 5.78 Å². The first kappa shape index (κ1) is 19.6. The van der Waals surface area contributed by atoms with Crippen molar-refractivity contribution in [1.29, 1.82) is 0 Å². The summed E-state index contributed by atoms with van der Waals surface area (Å²) in [5.41, 5.74) is 4.15. The maximum Gasteiger partial charge on any atom is 0.259 e. The highest BCUT2D eigenvalue weighted by atomic mass is 19.1. The smallest absolute Gasteiger partial charge is 0.259 e. The Kier molecular flexibility index (Phi) is 4.90. The van der Waals surface area contributed by atoms with E-state index in [0.717, 1.165) is 31.3 Å². The molecule has 0 fully saturated rings. The van der Waals surface area contributed by atoms with Crippen LogP contribution >= 0.6 is 0 Å². The Hall–Kier alpha value is -3.32. The molecule has 1 aliphatic rings. The minimum Gasteiger partial charge on any atom is -0.294 e. The number of rotatable bonds is 4. The third-order valence-corrected chi connectivity index (χ3v) is 5.88. The summed E-state index contributed by atoms with van der Waals surface area (Å²) in [6, 6.07) is 11.8. The molecule has 158 valence electrons. The molecular formula is C24H22F2N4O. The van der Waals surface area contributed by atoms with Crippen LogP contribution in [0.3, 0.4) is 0 Å². The maximum absolute atomic E-state index is 14.3. The van der Waals surface area contributed by atoms with Gasteiger partial charge in [0.25, 0.3) is 5.56 Å². The van der Waals surface area contributed by atoms with Crippen molar-refractivity contribution in [2.45, 2.75) is 33.0 Å². The summed E-state index contributed by atoms with van der Waals surface area (Å²) in [6.45, 7) is 4.18. The molecule has 0 aliphatic carbocycles. The Balaban J connectivity index is 1.53. The Labute approximate surface area is 178 Å². The maximum atomic E-state index is 14.3. The van der Waals surface area contributed by atoms with Gasteiger partial charge in [0, 0.05) is 55.8 Å². The molecule has 0 radical (unpaired) electrons. The van der Waals surface area contributed by atoms with E-state index < -0.39 is 11.6 Å². The Bertz CT molecular complexity index is 1340. The number of nitrogens with zero attached hydrogens (tertiary/aromatic N) is 4. The van der Waals surface area contributed by atoms with Gasteiger partial charge in [0.05, 0.1) is 12.1 Å². The largest absolute Gasteiger partial charge is 0.294 e. The van der Waals surface area contributed by atoms with Crippen LogP contribution in [0.15, 0.2) is 59.7 Å². The van der Waals surface area contributed by atoms with Gasteiger partial charge < -0.3 is 0 Å². The highest BCUT2D eigenvalue weighted by molar-refractivity contribution is 5.39. The normalized spacial score (nSPS) is 14.2. The average Bonchev–Trinajstić information content (AvgIpc) is 3.22. The van der Waals surface area contributed by atoms with Gasteiger partial charge in [-0.1, -0.05) is 35.9 Å². The molecule has 0 amide bonds. The summed E-state index contributed by atoms with van der Waals surface area (Å²) in [7, 11) is 0. The number of halogens is 2. The van der Waals surface area contributed by atoms with Crippen LogP contribution in [0.2, 0.25) is 0 Å². The summed E-state index contributed by atoms with van der Waals surface area (Å²) in [6.07, 6.45) is 4.21. The Morgan fingerprint density at radius 3 is 2.77 bits per heavy atom. The van der Waals surface area contributed by atoms with Crippen molar-refractivity contribution in [3.63, 3.8) is 0 Å². The van der Waals surface area contributed by atoms with Crippen LogP contribution in [0, 0.1) is 18.6 Å². The first-order chi connectivity index (χ1) is 15.0. The van der Waals surface area contributed by atoms with E-state index in [1.807, 2.05) is 16.7 Å². The third-order valence-electron chi connectivity index (χ3n) is 5.88. The number of benzene rings is 2. The number of imidazole rings is 1. The van der Waals surface area contributed by atoms with Gasteiger partial charge in [0.15, 0.2) is 0 Å². The summed E-state index contributed by atoms with van der Waals surface area (Å²) < 4.78 is 31.0. The lowest BCUT2D eigenvalue weighted by molar-refractivity contribution is 0.240. The monoisotopic (exact) mass is 420 g/mol. The molecule has 5 nitrogen and oxygen atoms in total. The standard InChI is InChI=1S/C24H22F2N4O/c1-16-3-2-4-17(11-16)13-28-9-7-22-20(15-28)23(31)30(24-27-8-10-29(22)24)14-18-5-6-19(25)12-21(18)26/h2-6,8,10-12H,7,9,13-15H2,1H3. The predicted octanol–water partition coefficient (Wildman–Crippen LogP) is 3.69. The molecule has 0 atom stereocenters. The molecule has 4 aromatic rings. The van der Waals surface area contributed by atoms with Crippen molar-refractivity contribution in [3.8, 4) is 0 Å². The highest BCUT2D eigenvalue weighted by Gasteiger charge is 2.24.